The minimum absolute atomic E-state index is 0.0379. The summed E-state index contributed by atoms with van der Waals surface area (Å²) in [5.74, 6) is -5.24. The molecule has 0 spiro atoms. The van der Waals surface area contributed by atoms with Gasteiger partial charge in [0.05, 0.1) is 26.4 Å². The predicted molar refractivity (Wildman–Crippen MR) is 106 cm³/mol. The molecule has 0 aliphatic rings. The topological polar surface area (TPSA) is 105 Å². The predicted octanol–water partition coefficient (Wildman–Crippen LogP) is 3.35. The van der Waals surface area contributed by atoms with Gasteiger partial charge in [-0.3, -0.25) is 0 Å². The fourth-order valence-electron chi connectivity index (χ4n) is 2.17. The molecule has 0 aromatic rings. The van der Waals surface area contributed by atoms with E-state index >= 15 is 0 Å². The zero-order valence-electron chi connectivity index (χ0n) is 18.3. The molecule has 8 nitrogen and oxygen atoms in total. The van der Waals surface area contributed by atoms with E-state index in [1.165, 1.54) is 0 Å². The van der Waals surface area contributed by atoms with Gasteiger partial charge in [-0.2, -0.15) is 0 Å². The summed E-state index contributed by atoms with van der Waals surface area (Å²) in [6.45, 7) is 7.40. The van der Waals surface area contributed by atoms with Gasteiger partial charge in [-0.15, -0.1) is 0 Å². The molecule has 0 aromatic heterocycles. The molecular weight excluding hydrogens is 380 g/mol. The second-order valence-electron chi connectivity index (χ2n) is 6.71. The third kappa shape index (κ3) is 8.41. The van der Waals surface area contributed by atoms with Crippen molar-refractivity contribution >= 4 is 23.9 Å². The van der Waals surface area contributed by atoms with Gasteiger partial charge in [0, 0.05) is 0 Å². The van der Waals surface area contributed by atoms with Crippen LogP contribution >= 0.6 is 0 Å². The van der Waals surface area contributed by atoms with Crippen LogP contribution in [0.15, 0.2) is 0 Å². The molecule has 0 saturated carbocycles. The van der Waals surface area contributed by atoms with E-state index in [0.29, 0.717) is 25.7 Å². The van der Waals surface area contributed by atoms with Gasteiger partial charge in [0.1, 0.15) is 0 Å². The zero-order chi connectivity index (χ0) is 22.1. The first-order valence-electron chi connectivity index (χ1n) is 10.6. The van der Waals surface area contributed by atoms with Gasteiger partial charge in [-0.05, 0) is 25.7 Å². The molecule has 0 unspecified atom stereocenters. The molecule has 8 heteroatoms. The Hall–Kier alpha value is -2.12. The van der Waals surface area contributed by atoms with Crippen LogP contribution in [0.25, 0.3) is 0 Å². The van der Waals surface area contributed by atoms with Crippen molar-refractivity contribution in [2.45, 2.75) is 79.1 Å². The molecule has 0 atom stereocenters. The Balaban J connectivity index is 5.86. The smallest absolute Gasteiger partial charge is 0.355 e. The third-order valence-electron chi connectivity index (χ3n) is 4.15. The summed E-state index contributed by atoms with van der Waals surface area (Å²) in [6, 6.07) is 0. The number of carbonyl (C=O) groups is 4. The summed E-state index contributed by atoms with van der Waals surface area (Å²) in [7, 11) is 0. The van der Waals surface area contributed by atoms with Crippen molar-refractivity contribution < 1.29 is 38.1 Å². The molecular formula is C21H36O8. The molecule has 0 amide bonds. The number of carbonyl (C=O) groups excluding carboxylic acids is 4. The molecule has 29 heavy (non-hydrogen) atoms. The van der Waals surface area contributed by atoms with E-state index in [4.69, 9.17) is 18.9 Å². The van der Waals surface area contributed by atoms with Crippen LogP contribution in [-0.4, -0.2) is 50.3 Å². The quantitative estimate of drug-likeness (QED) is 0.163. The van der Waals surface area contributed by atoms with Crippen molar-refractivity contribution in [2.75, 3.05) is 26.4 Å². The molecule has 168 valence electrons. The van der Waals surface area contributed by atoms with E-state index in [0.717, 1.165) is 25.7 Å². The van der Waals surface area contributed by atoms with Crippen LogP contribution in [0.5, 0.6) is 0 Å². The Morgan fingerprint density at radius 2 is 0.690 bits per heavy atom. The maximum Gasteiger partial charge on any atom is 0.355 e. The highest BCUT2D eigenvalue weighted by Crippen LogP contribution is 2.27. The largest absolute Gasteiger partial charge is 0.464 e. The van der Waals surface area contributed by atoms with Crippen LogP contribution in [0.4, 0.5) is 0 Å². The lowest BCUT2D eigenvalue weighted by molar-refractivity contribution is -0.193. The van der Waals surface area contributed by atoms with Crippen LogP contribution < -0.4 is 0 Å². The molecule has 0 aliphatic carbocycles. The van der Waals surface area contributed by atoms with Crippen molar-refractivity contribution in [3.63, 3.8) is 0 Å². The number of hydrogen-bond donors (Lipinski definition) is 0. The Kier molecular flexibility index (Phi) is 14.6. The van der Waals surface area contributed by atoms with Crippen LogP contribution in [0.3, 0.4) is 0 Å². The Morgan fingerprint density at radius 3 is 0.862 bits per heavy atom. The van der Waals surface area contributed by atoms with Gasteiger partial charge in [-0.1, -0.05) is 53.4 Å². The van der Waals surface area contributed by atoms with Gasteiger partial charge in [0.25, 0.3) is 0 Å². The zero-order valence-corrected chi connectivity index (χ0v) is 18.3. The number of ether oxygens (including phenoxy) is 4. The number of rotatable bonds is 16. The Morgan fingerprint density at radius 1 is 0.483 bits per heavy atom. The number of esters is 4. The van der Waals surface area contributed by atoms with Crippen molar-refractivity contribution in [3.8, 4) is 0 Å². The highest BCUT2D eigenvalue weighted by atomic mass is 16.6. The minimum atomic E-state index is -2.91. The maximum atomic E-state index is 12.8. The molecule has 0 N–H and O–H groups in total. The fourth-order valence-corrected chi connectivity index (χ4v) is 2.17. The first kappa shape index (κ1) is 26.9. The average Bonchev–Trinajstić information content (AvgIpc) is 2.69. The second-order valence-corrected chi connectivity index (χ2v) is 6.71. The average molecular weight is 417 g/mol. The van der Waals surface area contributed by atoms with Crippen LogP contribution in [0.2, 0.25) is 0 Å². The van der Waals surface area contributed by atoms with E-state index in [2.05, 4.69) is 0 Å². The lowest BCUT2D eigenvalue weighted by Crippen LogP contribution is -2.56. The molecule has 0 bridgehead atoms. The number of unbranched alkanes of at least 4 members (excludes halogenated alkanes) is 4. The highest BCUT2D eigenvalue weighted by molar-refractivity contribution is 6.32. The SMILES string of the molecule is CCCCOC(=O)C(C(=O)OCCCC)(C(=O)OCCCC)C(=O)OCCCC. The normalized spacial score (nSPS) is 10.9. The Bertz CT molecular complexity index is 421. The van der Waals surface area contributed by atoms with E-state index in [1.807, 2.05) is 27.7 Å². The monoisotopic (exact) mass is 416 g/mol. The van der Waals surface area contributed by atoms with Crippen LogP contribution in [0.1, 0.15) is 79.1 Å². The summed E-state index contributed by atoms with van der Waals surface area (Å²) in [5.41, 5.74) is -2.91. The van der Waals surface area contributed by atoms with Crippen molar-refractivity contribution in [3.05, 3.63) is 0 Å². The van der Waals surface area contributed by atoms with Gasteiger partial charge < -0.3 is 18.9 Å². The van der Waals surface area contributed by atoms with Gasteiger partial charge >= 0.3 is 29.3 Å². The fraction of sp³-hybridized carbons (Fsp3) is 0.810. The molecule has 0 radical (unpaired) electrons. The molecule has 0 aromatic carbocycles. The minimum Gasteiger partial charge on any atom is -0.464 e. The Labute approximate surface area is 173 Å². The standard InChI is InChI=1S/C21H36O8/c1-5-9-13-26-17(22)21(18(23)27-14-10-6-2,19(24)28-15-11-7-3)20(25)29-16-12-8-4/h5-16H2,1-4H3. The van der Waals surface area contributed by atoms with Gasteiger partial charge in [0.15, 0.2) is 0 Å². The second kappa shape index (κ2) is 15.8. The molecule has 0 saturated heterocycles. The molecule has 0 aliphatic heterocycles. The lowest BCUT2D eigenvalue weighted by atomic mass is 9.88. The molecule has 0 fully saturated rings. The maximum absolute atomic E-state index is 12.8. The van der Waals surface area contributed by atoms with E-state index < -0.39 is 29.3 Å². The van der Waals surface area contributed by atoms with Gasteiger partial charge in [0.2, 0.25) is 0 Å². The molecule has 0 heterocycles. The first-order chi connectivity index (χ1) is 13.9. The van der Waals surface area contributed by atoms with Crippen molar-refractivity contribution in [1.82, 2.24) is 0 Å². The van der Waals surface area contributed by atoms with Gasteiger partial charge in [-0.25, -0.2) is 19.2 Å². The van der Waals surface area contributed by atoms with Crippen LogP contribution in [0, 0.1) is 5.41 Å². The summed E-state index contributed by atoms with van der Waals surface area (Å²) in [6.07, 6.45) is 4.97. The van der Waals surface area contributed by atoms with E-state index in [1.54, 1.807) is 0 Å². The highest BCUT2D eigenvalue weighted by Gasteiger charge is 2.65. The summed E-state index contributed by atoms with van der Waals surface area (Å²) in [5, 5.41) is 0. The van der Waals surface area contributed by atoms with Crippen molar-refractivity contribution in [1.29, 1.82) is 0 Å². The lowest BCUT2D eigenvalue weighted by Gasteiger charge is -2.25. The third-order valence-corrected chi connectivity index (χ3v) is 4.15. The summed E-state index contributed by atoms with van der Waals surface area (Å²) >= 11 is 0. The first-order valence-corrected chi connectivity index (χ1v) is 10.6. The summed E-state index contributed by atoms with van der Waals surface area (Å²) < 4.78 is 20.4. The van der Waals surface area contributed by atoms with E-state index in [-0.39, 0.29) is 26.4 Å². The number of hydrogen-bond acceptors (Lipinski definition) is 8. The molecule has 0 rings (SSSR count). The van der Waals surface area contributed by atoms with E-state index in [9.17, 15) is 19.2 Å². The summed E-state index contributed by atoms with van der Waals surface area (Å²) in [4.78, 5) is 51.4. The van der Waals surface area contributed by atoms with Crippen LogP contribution in [-0.2, 0) is 38.1 Å². The van der Waals surface area contributed by atoms with Crippen molar-refractivity contribution in [2.24, 2.45) is 5.41 Å².